The van der Waals surface area contributed by atoms with Crippen LogP contribution in [-0.2, 0) is 14.3 Å². The Labute approximate surface area is 99.0 Å². The summed E-state index contributed by atoms with van der Waals surface area (Å²) in [6.07, 6.45) is 0.130. The number of benzene rings is 1. The minimum atomic E-state index is -0.417. The monoisotopic (exact) mass is 232 g/mol. The maximum absolute atomic E-state index is 11.4. The topological polar surface area (TPSA) is 79.2 Å². The van der Waals surface area contributed by atoms with Gasteiger partial charge in [-0.25, -0.2) is 0 Å². The number of ether oxygens (including phenoxy) is 1. The third-order valence-corrected chi connectivity index (χ3v) is 2.08. The largest absolute Gasteiger partial charge is 0.469 e. The lowest BCUT2D eigenvalue weighted by molar-refractivity contribution is -0.141. The fraction of sp³-hybridized carbons (Fsp3) is 0.250. The van der Waals surface area contributed by atoms with Crippen LogP contribution in [0.3, 0.4) is 0 Å². The van der Waals surface area contributed by atoms with Crippen molar-refractivity contribution < 1.29 is 14.3 Å². The standard InChI is InChI=1S/C12H12N2O3/c1-17-12(16)7-6-11(15)14-10-4-2-9(8-13)3-5-10/h2-5H,6-7H2,1H3,(H,14,15). The summed E-state index contributed by atoms with van der Waals surface area (Å²) in [5, 5.41) is 11.2. The van der Waals surface area contributed by atoms with E-state index >= 15 is 0 Å². The molecule has 0 saturated carbocycles. The lowest BCUT2D eigenvalue weighted by Crippen LogP contribution is -2.13. The molecule has 1 N–H and O–H groups in total. The number of carbonyl (C=O) groups excluding carboxylic acids is 2. The predicted molar refractivity (Wildman–Crippen MR) is 61.0 cm³/mol. The molecule has 0 aromatic heterocycles. The van der Waals surface area contributed by atoms with Gasteiger partial charge in [0, 0.05) is 12.1 Å². The Hall–Kier alpha value is -2.35. The second kappa shape index (κ2) is 6.28. The van der Waals surface area contributed by atoms with Crippen molar-refractivity contribution in [1.82, 2.24) is 0 Å². The van der Waals surface area contributed by atoms with E-state index in [1.807, 2.05) is 6.07 Å². The first-order valence-electron chi connectivity index (χ1n) is 5.02. The summed E-state index contributed by atoms with van der Waals surface area (Å²) in [5.41, 5.74) is 1.12. The molecule has 0 fully saturated rings. The zero-order chi connectivity index (χ0) is 12.7. The molecule has 0 heterocycles. The Bertz CT molecular complexity index is 446. The third kappa shape index (κ3) is 4.34. The number of hydrogen-bond donors (Lipinski definition) is 1. The molecule has 0 saturated heterocycles. The number of nitriles is 1. The molecule has 0 aliphatic heterocycles. The number of rotatable bonds is 4. The first kappa shape index (κ1) is 12.7. The molecule has 0 radical (unpaired) electrons. The van der Waals surface area contributed by atoms with Crippen LogP contribution in [0.25, 0.3) is 0 Å². The second-order valence-electron chi connectivity index (χ2n) is 3.31. The summed E-state index contributed by atoms with van der Waals surface area (Å²) >= 11 is 0. The van der Waals surface area contributed by atoms with E-state index in [0.717, 1.165) is 0 Å². The van der Waals surface area contributed by atoms with Gasteiger partial charge in [0.15, 0.2) is 0 Å². The Kier molecular flexibility index (Phi) is 4.70. The van der Waals surface area contributed by atoms with Crippen LogP contribution in [0.2, 0.25) is 0 Å². The minimum absolute atomic E-state index is 0.0542. The number of methoxy groups -OCH3 is 1. The number of nitrogens with one attached hydrogen (secondary N) is 1. The van der Waals surface area contributed by atoms with E-state index in [-0.39, 0.29) is 18.7 Å². The first-order valence-corrected chi connectivity index (χ1v) is 5.02. The highest BCUT2D eigenvalue weighted by Crippen LogP contribution is 2.09. The molecule has 1 rings (SSSR count). The van der Waals surface area contributed by atoms with Gasteiger partial charge < -0.3 is 10.1 Å². The van der Waals surface area contributed by atoms with Gasteiger partial charge in [-0.2, -0.15) is 5.26 Å². The highest BCUT2D eigenvalue weighted by atomic mass is 16.5. The van der Waals surface area contributed by atoms with Crippen molar-refractivity contribution in [1.29, 1.82) is 5.26 Å². The molecule has 1 amide bonds. The van der Waals surface area contributed by atoms with Crippen molar-refractivity contribution in [3.63, 3.8) is 0 Å². The second-order valence-corrected chi connectivity index (χ2v) is 3.31. The van der Waals surface area contributed by atoms with Gasteiger partial charge in [-0.15, -0.1) is 0 Å². The van der Waals surface area contributed by atoms with Gasteiger partial charge in [-0.3, -0.25) is 9.59 Å². The zero-order valence-electron chi connectivity index (χ0n) is 9.40. The fourth-order valence-corrected chi connectivity index (χ4v) is 1.17. The summed E-state index contributed by atoms with van der Waals surface area (Å²) in [5.74, 6) is -0.680. The predicted octanol–water partition coefficient (Wildman–Crippen LogP) is 1.45. The third-order valence-electron chi connectivity index (χ3n) is 2.08. The van der Waals surface area contributed by atoms with Crippen molar-refractivity contribution in [2.45, 2.75) is 12.8 Å². The van der Waals surface area contributed by atoms with E-state index in [1.54, 1.807) is 24.3 Å². The smallest absolute Gasteiger partial charge is 0.306 e. The molecule has 1 aromatic carbocycles. The van der Waals surface area contributed by atoms with Crippen molar-refractivity contribution in [2.24, 2.45) is 0 Å². The fourth-order valence-electron chi connectivity index (χ4n) is 1.17. The first-order chi connectivity index (χ1) is 8.15. The van der Waals surface area contributed by atoms with Gasteiger partial charge in [0.2, 0.25) is 5.91 Å². The average molecular weight is 232 g/mol. The Morgan fingerprint density at radius 1 is 1.29 bits per heavy atom. The molecule has 5 heteroatoms. The van der Waals surface area contributed by atoms with Crippen LogP contribution in [0, 0.1) is 11.3 Å². The quantitative estimate of drug-likeness (QED) is 0.797. The van der Waals surface area contributed by atoms with Crippen molar-refractivity contribution >= 4 is 17.6 Å². The Balaban J connectivity index is 2.45. The van der Waals surface area contributed by atoms with Crippen LogP contribution in [0.4, 0.5) is 5.69 Å². The van der Waals surface area contributed by atoms with Gasteiger partial charge in [0.05, 0.1) is 25.2 Å². The molecule has 0 aliphatic rings. The molecule has 0 unspecified atom stereocenters. The zero-order valence-corrected chi connectivity index (χ0v) is 9.40. The number of hydrogen-bond acceptors (Lipinski definition) is 4. The molecule has 0 atom stereocenters. The number of nitrogens with zero attached hydrogens (tertiary/aromatic N) is 1. The SMILES string of the molecule is COC(=O)CCC(=O)Nc1ccc(C#N)cc1. The van der Waals surface area contributed by atoms with Gasteiger partial charge in [0.1, 0.15) is 0 Å². The lowest BCUT2D eigenvalue weighted by Gasteiger charge is -2.04. The summed E-state index contributed by atoms with van der Waals surface area (Å²) in [7, 11) is 1.28. The van der Waals surface area contributed by atoms with Crippen LogP contribution < -0.4 is 5.32 Å². The van der Waals surface area contributed by atoms with Crippen LogP contribution in [0.5, 0.6) is 0 Å². The van der Waals surface area contributed by atoms with Gasteiger partial charge in [-0.05, 0) is 24.3 Å². The summed E-state index contributed by atoms with van der Waals surface area (Å²) in [6, 6.07) is 8.46. The van der Waals surface area contributed by atoms with E-state index in [9.17, 15) is 9.59 Å². The Morgan fingerprint density at radius 3 is 2.47 bits per heavy atom. The van der Waals surface area contributed by atoms with E-state index in [2.05, 4.69) is 10.1 Å². The number of amides is 1. The highest BCUT2D eigenvalue weighted by Gasteiger charge is 2.06. The minimum Gasteiger partial charge on any atom is -0.469 e. The van der Waals surface area contributed by atoms with Crippen molar-refractivity contribution in [3.8, 4) is 6.07 Å². The lowest BCUT2D eigenvalue weighted by atomic mass is 10.2. The maximum Gasteiger partial charge on any atom is 0.306 e. The van der Waals surface area contributed by atoms with Crippen LogP contribution in [0.15, 0.2) is 24.3 Å². The van der Waals surface area contributed by atoms with E-state index < -0.39 is 5.97 Å². The van der Waals surface area contributed by atoms with E-state index in [1.165, 1.54) is 7.11 Å². The number of anilines is 1. The average Bonchev–Trinajstić information content (AvgIpc) is 2.36. The molecule has 0 bridgehead atoms. The highest BCUT2D eigenvalue weighted by molar-refractivity contribution is 5.92. The van der Waals surface area contributed by atoms with E-state index in [4.69, 9.17) is 5.26 Å². The van der Waals surface area contributed by atoms with Crippen molar-refractivity contribution in [3.05, 3.63) is 29.8 Å². The summed E-state index contributed by atoms with van der Waals surface area (Å²) in [4.78, 5) is 22.2. The summed E-state index contributed by atoms with van der Waals surface area (Å²) < 4.78 is 4.43. The maximum atomic E-state index is 11.4. The molecule has 0 aliphatic carbocycles. The van der Waals surface area contributed by atoms with Crippen molar-refractivity contribution in [2.75, 3.05) is 12.4 Å². The van der Waals surface area contributed by atoms with Crippen LogP contribution in [0.1, 0.15) is 18.4 Å². The Morgan fingerprint density at radius 2 is 1.94 bits per heavy atom. The molecule has 0 spiro atoms. The number of carbonyl (C=O) groups is 2. The molecular formula is C12H12N2O3. The molecule has 5 nitrogen and oxygen atoms in total. The molecular weight excluding hydrogens is 220 g/mol. The van der Waals surface area contributed by atoms with Gasteiger partial charge in [0.25, 0.3) is 0 Å². The van der Waals surface area contributed by atoms with Crippen LogP contribution in [-0.4, -0.2) is 19.0 Å². The molecule has 88 valence electrons. The normalized spacial score (nSPS) is 9.18. The molecule has 1 aromatic rings. The molecule has 17 heavy (non-hydrogen) atoms. The van der Waals surface area contributed by atoms with E-state index in [0.29, 0.717) is 11.3 Å². The summed E-state index contributed by atoms with van der Waals surface area (Å²) in [6.45, 7) is 0. The van der Waals surface area contributed by atoms with Crippen LogP contribution >= 0.6 is 0 Å². The van der Waals surface area contributed by atoms with Gasteiger partial charge in [-0.1, -0.05) is 0 Å². The van der Waals surface area contributed by atoms with Gasteiger partial charge >= 0.3 is 5.97 Å². The number of esters is 1.